The van der Waals surface area contributed by atoms with E-state index in [1.165, 1.54) is 0 Å². The normalized spacial score (nSPS) is 19.0. The van der Waals surface area contributed by atoms with Crippen LogP contribution in [0.2, 0.25) is 0 Å². The number of piperidine rings is 1. The molecule has 0 radical (unpaired) electrons. The van der Waals surface area contributed by atoms with E-state index in [0.717, 1.165) is 53.7 Å². The van der Waals surface area contributed by atoms with Crippen molar-refractivity contribution >= 4 is 16.9 Å². The lowest BCUT2D eigenvalue weighted by Crippen LogP contribution is -2.38. The smallest absolute Gasteiger partial charge is 0.223 e. The number of para-hydroxylation sites is 1. The molecule has 3 aromatic rings. The number of aliphatic hydroxyl groups is 1. The molecule has 0 unspecified atom stereocenters. The molecule has 4 N–H and O–H groups in total. The summed E-state index contributed by atoms with van der Waals surface area (Å²) < 4.78 is 0. The second-order valence-corrected chi connectivity index (χ2v) is 6.61. The fraction of sp³-hybridized carbons (Fsp3) is 0.368. The minimum absolute atomic E-state index is 0.335. The third kappa shape index (κ3) is 3.23. The Hall–Kier alpha value is -2.44. The van der Waals surface area contributed by atoms with Crippen LogP contribution >= 0.6 is 0 Å². The van der Waals surface area contributed by atoms with Gasteiger partial charge < -0.3 is 20.7 Å². The fourth-order valence-electron chi connectivity index (χ4n) is 3.41. The van der Waals surface area contributed by atoms with Crippen LogP contribution in [0.5, 0.6) is 0 Å². The standard InChI is InChI=1S/C19H23N5O/c1-12(25)15-10-22-19(23-13-5-4-8-20-9-13)24-18(15)16-11-21-17-7-3-2-6-14(16)17/h2-3,6-7,10-13,20-21,25H,4-5,8-9H2,1H3,(H,22,23,24)/t12-,13+/m1/s1. The zero-order chi connectivity index (χ0) is 17.2. The molecule has 1 aromatic carbocycles. The highest BCUT2D eigenvalue weighted by Gasteiger charge is 2.19. The van der Waals surface area contributed by atoms with E-state index in [9.17, 15) is 5.11 Å². The van der Waals surface area contributed by atoms with Gasteiger partial charge in [0.1, 0.15) is 0 Å². The van der Waals surface area contributed by atoms with Crippen molar-refractivity contribution in [2.24, 2.45) is 0 Å². The number of hydrogen-bond donors (Lipinski definition) is 4. The van der Waals surface area contributed by atoms with Crippen molar-refractivity contribution in [3.05, 3.63) is 42.2 Å². The summed E-state index contributed by atoms with van der Waals surface area (Å²) in [5.74, 6) is 0.610. The van der Waals surface area contributed by atoms with Crippen LogP contribution in [0.25, 0.3) is 22.2 Å². The molecule has 0 saturated carbocycles. The van der Waals surface area contributed by atoms with Crippen LogP contribution in [0, 0.1) is 0 Å². The van der Waals surface area contributed by atoms with Gasteiger partial charge in [0.25, 0.3) is 0 Å². The maximum atomic E-state index is 10.2. The SMILES string of the molecule is C[C@@H](O)c1cnc(N[C@H]2CCCNC2)nc1-c1c[nH]c2ccccc12. The molecule has 1 aliphatic heterocycles. The van der Waals surface area contributed by atoms with Crippen molar-refractivity contribution in [3.63, 3.8) is 0 Å². The Bertz CT molecular complexity index is 867. The van der Waals surface area contributed by atoms with Gasteiger partial charge in [-0.2, -0.15) is 0 Å². The Kier molecular flexibility index (Phi) is 4.38. The monoisotopic (exact) mass is 337 g/mol. The van der Waals surface area contributed by atoms with Crippen LogP contribution in [-0.4, -0.2) is 39.2 Å². The van der Waals surface area contributed by atoms with Gasteiger partial charge in [-0.15, -0.1) is 0 Å². The molecule has 0 spiro atoms. The van der Waals surface area contributed by atoms with Gasteiger partial charge in [0.15, 0.2) is 0 Å². The number of rotatable bonds is 4. The second-order valence-electron chi connectivity index (χ2n) is 6.61. The number of nitrogens with zero attached hydrogens (tertiary/aromatic N) is 2. The third-order valence-corrected chi connectivity index (χ3v) is 4.74. The number of benzene rings is 1. The predicted octanol–water partition coefficient (Wildman–Crippen LogP) is 2.84. The first-order valence-corrected chi connectivity index (χ1v) is 8.81. The molecule has 2 aromatic heterocycles. The first-order chi connectivity index (χ1) is 12.2. The van der Waals surface area contributed by atoms with Crippen LogP contribution in [-0.2, 0) is 0 Å². The highest BCUT2D eigenvalue weighted by Crippen LogP contribution is 2.32. The highest BCUT2D eigenvalue weighted by molar-refractivity contribution is 5.95. The fourth-order valence-corrected chi connectivity index (χ4v) is 3.41. The summed E-state index contributed by atoms with van der Waals surface area (Å²) in [4.78, 5) is 12.5. The maximum absolute atomic E-state index is 10.2. The summed E-state index contributed by atoms with van der Waals surface area (Å²) in [7, 11) is 0. The summed E-state index contributed by atoms with van der Waals surface area (Å²) in [6, 6.07) is 8.45. The molecule has 1 saturated heterocycles. The van der Waals surface area contributed by atoms with Crippen LogP contribution < -0.4 is 10.6 Å². The van der Waals surface area contributed by atoms with Crippen molar-refractivity contribution in [3.8, 4) is 11.3 Å². The van der Waals surface area contributed by atoms with Gasteiger partial charge in [-0.25, -0.2) is 9.97 Å². The van der Waals surface area contributed by atoms with Crippen molar-refractivity contribution in [1.29, 1.82) is 0 Å². The molecule has 6 heteroatoms. The summed E-state index contributed by atoms with van der Waals surface area (Å²) >= 11 is 0. The molecule has 1 aliphatic rings. The zero-order valence-electron chi connectivity index (χ0n) is 14.3. The predicted molar refractivity (Wildman–Crippen MR) is 99.5 cm³/mol. The van der Waals surface area contributed by atoms with Crippen LogP contribution in [0.4, 0.5) is 5.95 Å². The molecule has 4 rings (SSSR count). The van der Waals surface area contributed by atoms with E-state index in [2.05, 4.69) is 26.7 Å². The number of fused-ring (bicyclic) bond motifs is 1. The van der Waals surface area contributed by atoms with Gasteiger partial charge >= 0.3 is 0 Å². The lowest BCUT2D eigenvalue weighted by molar-refractivity contribution is 0.199. The number of nitrogens with one attached hydrogen (secondary N) is 3. The Morgan fingerprint density at radius 3 is 3.00 bits per heavy atom. The van der Waals surface area contributed by atoms with E-state index >= 15 is 0 Å². The molecule has 3 heterocycles. The van der Waals surface area contributed by atoms with Crippen LogP contribution in [0.15, 0.2) is 36.7 Å². The van der Waals surface area contributed by atoms with Gasteiger partial charge in [0.05, 0.1) is 11.8 Å². The number of hydrogen-bond acceptors (Lipinski definition) is 5. The van der Waals surface area contributed by atoms with Gasteiger partial charge in [-0.3, -0.25) is 0 Å². The number of anilines is 1. The van der Waals surface area contributed by atoms with E-state index < -0.39 is 6.10 Å². The van der Waals surface area contributed by atoms with Crippen molar-refractivity contribution in [2.75, 3.05) is 18.4 Å². The lowest BCUT2D eigenvalue weighted by atomic mass is 10.0. The topological polar surface area (TPSA) is 85.9 Å². The molecule has 0 bridgehead atoms. The summed E-state index contributed by atoms with van der Waals surface area (Å²) in [5, 5.41) is 18.1. The van der Waals surface area contributed by atoms with E-state index in [1.54, 1.807) is 13.1 Å². The molecular weight excluding hydrogens is 314 g/mol. The molecule has 25 heavy (non-hydrogen) atoms. The molecule has 6 nitrogen and oxygen atoms in total. The number of aromatic nitrogens is 3. The van der Waals surface area contributed by atoms with Gasteiger partial charge in [0, 0.05) is 47.0 Å². The number of H-pyrrole nitrogens is 1. The van der Waals surface area contributed by atoms with E-state index in [4.69, 9.17) is 4.98 Å². The maximum Gasteiger partial charge on any atom is 0.223 e. The Labute approximate surface area is 146 Å². The zero-order valence-corrected chi connectivity index (χ0v) is 14.3. The molecule has 2 atom stereocenters. The lowest BCUT2D eigenvalue weighted by Gasteiger charge is -2.24. The first-order valence-electron chi connectivity index (χ1n) is 8.81. The van der Waals surface area contributed by atoms with Crippen molar-refractivity contribution < 1.29 is 5.11 Å². The number of aliphatic hydroxyl groups excluding tert-OH is 1. The van der Waals surface area contributed by atoms with E-state index in [0.29, 0.717) is 12.0 Å². The third-order valence-electron chi connectivity index (χ3n) is 4.74. The molecule has 0 amide bonds. The first kappa shape index (κ1) is 16.1. The Morgan fingerprint density at radius 1 is 1.32 bits per heavy atom. The van der Waals surface area contributed by atoms with E-state index in [1.807, 2.05) is 24.4 Å². The minimum atomic E-state index is -0.631. The summed E-state index contributed by atoms with van der Waals surface area (Å²) in [5.41, 5.74) is 3.54. The van der Waals surface area contributed by atoms with Gasteiger partial charge in [-0.1, -0.05) is 18.2 Å². The minimum Gasteiger partial charge on any atom is -0.389 e. The Balaban J connectivity index is 1.74. The van der Waals surface area contributed by atoms with Gasteiger partial charge in [0.2, 0.25) is 5.95 Å². The molecule has 0 aliphatic carbocycles. The summed E-state index contributed by atoms with van der Waals surface area (Å²) in [6.45, 7) is 3.74. The highest BCUT2D eigenvalue weighted by atomic mass is 16.3. The molecular formula is C19H23N5O. The van der Waals surface area contributed by atoms with Crippen molar-refractivity contribution in [2.45, 2.75) is 31.9 Å². The largest absolute Gasteiger partial charge is 0.389 e. The quantitative estimate of drug-likeness (QED) is 0.588. The number of aromatic amines is 1. The van der Waals surface area contributed by atoms with Crippen LogP contribution in [0.1, 0.15) is 31.4 Å². The molecule has 1 fully saturated rings. The average Bonchev–Trinajstić information content (AvgIpc) is 3.06. The Morgan fingerprint density at radius 2 is 2.20 bits per heavy atom. The average molecular weight is 337 g/mol. The van der Waals surface area contributed by atoms with Gasteiger partial charge in [-0.05, 0) is 32.4 Å². The van der Waals surface area contributed by atoms with Crippen LogP contribution in [0.3, 0.4) is 0 Å². The second kappa shape index (κ2) is 6.82. The summed E-state index contributed by atoms with van der Waals surface area (Å²) in [6.07, 6.45) is 5.31. The van der Waals surface area contributed by atoms with E-state index in [-0.39, 0.29) is 0 Å². The molecule has 130 valence electrons. The van der Waals surface area contributed by atoms with Crippen molar-refractivity contribution in [1.82, 2.24) is 20.3 Å².